The van der Waals surface area contributed by atoms with Crippen molar-refractivity contribution in [3.05, 3.63) is 41.4 Å². The van der Waals surface area contributed by atoms with E-state index in [1.165, 1.54) is 23.0 Å². The van der Waals surface area contributed by atoms with Crippen molar-refractivity contribution in [3.63, 3.8) is 0 Å². The Kier molecular flexibility index (Phi) is 4.26. The Balaban J connectivity index is 2.31. The van der Waals surface area contributed by atoms with E-state index in [2.05, 4.69) is 9.82 Å². The third-order valence-corrected chi connectivity index (χ3v) is 4.07. The van der Waals surface area contributed by atoms with Crippen molar-refractivity contribution in [2.45, 2.75) is 11.4 Å². The maximum absolute atomic E-state index is 13.6. The van der Waals surface area contributed by atoms with Crippen molar-refractivity contribution in [2.24, 2.45) is 0 Å². The summed E-state index contributed by atoms with van der Waals surface area (Å²) in [5.74, 6) is -0.774. The van der Waals surface area contributed by atoms with Gasteiger partial charge in [0.25, 0.3) is 10.0 Å². The zero-order chi connectivity index (χ0) is 14.8. The molecule has 1 heterocycles. The van der Waals surface area contributed by atoms with Crippen molar-refractivity contribution < 1.29 is 17.9 Å². The van der Waals surface area contributed by atoms with Crippen LogP contribution in [0.15, 0.2) is 35.5 Å². The summed E-state index contributed by atoms with van der Waals surface area (Å²) in [4.78, 5) is -0.148. The summed E-state index contributed by atoms with van der Waals surface area (Å²) >= 11 is 5.76. The summed E-state index contributed by atoms with van der Waals surface area (Å²) in [6, 6.07) is 3.84. The monoisotopic (exact) mass is 319 g/mol. The topological polar surface area (TPSA) is 84.2 Å². The van der Waals surface area contributed by atoms with Crippen molar-refractivity contribution in [1.82, 2.24) is 9.78 Å². The van der Waals surface area contributed by atoms with Gasteiger partial charge in [-0.1, -0.05) is 17.7 Å². The number of aliphatic hydroxyl groups is 1. The van der Waals surface area contributed by atoms with Gasteiger partial charge in [0.2, 0.25) is 0 Å². The molecule has 2 N–H and O–H groups in total. The molecule has 20 heavy (non-hydrogen) atoms. The lowest BCUT2D eigenvalue weighted by Gasteiger charge is -2.08. The van der Waals surface area contributed by atoms with Crippen molar-refractivity contribution in [2.75, 3.05) is 11.3 Å². The number of benzene rings is 1. The van der Waals surface area contributed by atoms with Crippen LogP contribution in [-0.4, -0.2) is 29.9 Å². The van der Waals surface area contributed by atoms with E-state index in [0.29, 0.717) is 0 Å². The second-order valence-corrected chi connectivity index (χ2v) is 5.95. The molecular weight excluding hydrogens is 309 g/mol. The Morgan fingerprint density at radius 1 is 1.45 bits per heavy atom. The molecule has 0 aliphatic carbocycles. The molecule has 0 unspecified atom stereocenters. The quantitative estimate of drug-likeness (QED) is 0.874. The highest BCUT2D eigenvalue weighted by molar-refractivity contribution is 7.92. The molecule has 0 bridgehead atoms. The van der Waals surface area contributed by atoms with Gasteiger partial charge >= 0.3 is 0 Å². The highest BCUT2D eigenvalue weighted by atomic mass is 35.5. The summed E-state index contributed by atoms with van der Waals surface area (Å²) in [5, 5.41) is 12.5. The van der Waals surface area contributed by atoms with Crippen LogP contribution < -0.4 is 4.72 Å². The highest BCUT2D eigenvalue weighted by Crippen LogP contribution is 2.27. The lowest BCUT2D eigenvalue weighted by molar-refractivity contribution is 0.269. The molecule has 0 fully saturated rings. The number of sulfonamides is 1. The van der Waals surface area contributed by atoms with Gasteiger partial charge in [-0.2, -0.15) is 5.10 Å². The number of halogens is 2. The Bertz CT molecular complexity index is 697. The van der Waals surface area contributed by atoms with Gasteiger partial charge in [0, 0.05) is 6.20 Å². The van der Waals surface area contributed by atoms with Gasteiger partial charge < -0.3 is 5.11 Å². The molecule has 0 aliphatic rings. The summed E-state index contributed by atoms with van der Waals surface area (Å²) in [5.41, 5.74) is -0.316. The van der Waals surface area contributed by atoms with Crippen LogP contribution in [0.1, 0.15) is 0 Å². The van der Waals surface area contributed by atoms with Crippen molar-refractivity contribution >= 4 is 27.3 Å². The van der Waals surface area contributed by atoms with E-state index in [4.69, 9.17) is 16.7 Å². The molecule has 0 aliphatic heterocycles. The molecule has 0 saturated carbocycles. The van der Waals surface area contributed by atoms with Gasteiger partial charge in [0.15, 0.2) is 0 Å². The predicted octanol–water partition coefficient (Wildman–Crippen LogP) is 1.47. The Morgan fingerprint density at radius 2 is 2.20 bits per heavy atom. The zero-order valence-corrected chi connectivity index (χ0v) is 11.7. The lowest BCUT2D eigenvalue weighted by Crippen LogP contribution is -2.14. The fourth-order valence-corrected chi connectivity index (χ4v) is 2.80. The number of aliphatic hydroxyl groups excluding tert-OH is 1. The second-order valence-electron chi connectivity index (χ2n) is 3.86. The maximum Gasteiger partial charge on any atom is 0.265 e. The fraction of sp³-hybridized carbons (Fsp3) is 0.182. The molecule has 2 rings (SSSR count). The van der Waals surface area contributed by atoms with Crippen LogP contribution in [0.5, 0.6) is 0 Å². The molecule has 108 valence electrons. The average Bonchev–Trinajstić information content (AvgIpc) is 2.84. The first-order valence-electron chi connectivity index (χ1n) is 5.54. The zero-order valence-electron chi connectivity index (χ0n) is 10.1. The lowest BCUT2D eigenvalue weighted by atomic mass is 10.3. The summed E-state index contributed by atoms with van der Waals surface area (Å²) in [6.45, 7) is -0.0102. The van der Waals surface area contributed by atoms with E-state index in [1.54, 1.807) is 0 Å². The smallest absolute Gasteiger partial charge is 0.265 e. The van der Waals surface area contributed by atoms with Gasteiger partial charge in [-0.25, -0.2) is 12.8 Å². The fourth-order valence-electron chi connectivity index (χ4n) is 1.50. The largest absolute Gasteiger partial charge is 0.394 e. The third-order valence-electron chi connectivity index (χ3n) is 2.45. The van der Waals surface area contributed by atoms with Gasteiger partial charge in [0.1, 0.15) is 16.4 Å². The Labute approximate surface area is 119 Å². The maximum atomic E-state index is 13.6. The SMILES string of the molecule is O=S(=O)(Nc1c(F)cccc1Cl)c1cnn(CCO)c1. The first-order valence-corrected chi connectivity index (χ1v) is 7.40. The van der Waals surface area contributed by atoms with Gasteiger partial charge in [-0.3, -0.25) is 9.40 Å². The second kappa shape index (κ2) is 5.78. The van der Waals surface area contributed by atoms with E-state index in [-0.39, 0.29) is 28.8 Å². The Hall–Kier alpha value is -1.64. The number of rotatable bonds is 5. The minimum atomic E-state index is -4.00. The molecule has 0 amide bonds. The predicted molar refractivity (Wildman–Crippen MR) is 71.5 cm³/mol. The number of nitrogens with zero attached hydrogens (tertiary/aromatic N) is 2. The molecule has 0 atom stereocenters. The van der Waals surface area contributed by atoms with Gasteiger partial charge in [-0.15, -0.1) is 0 Å². The summed E-state index contributed by atoms with van der Waals surface area (Å²) in [7, 11) is -4.00. The van der Waals surface area contributed by atoms with E-state index in [9.17, 15) is 12.8 Å². The standard InChI is InChI=1S/C11H11ClFN3O3S/c12-9-2-1-3-10(13)11(9)15-20(18,19)8-6-14-16(7-8)4-5-17/h1-3,6-7,15,17H,4-5H2. The molecule has 0 radical (unpaired) electrons. The van der Waals surface area contributed by atoms with Gasteiger partial charge in [-0.05, 0) is 12.1 Å². The average molecular weight is 320 g/mol. The molecule has 0 spiro atoms. The van der Waals surface area contributed by atoms with Crippen molar-refractivity contribution in [3.8, 4) is 0 Å². The third kappa shape index (κ3) is 3.09. The van der Waals surface area contributed by atoms with Crippen molar-refractivity contribution in [1.29, 1.82) is 0 Å². The number of hydrogen-bond donors (Lipinski definition) is 2. The normalized spacial score (nSPS) is 11.6. The molecule has 0 saturated heterocycles. The summed E-state index contributed by atoms with van der Waals surface area (Å²) in [6.07, 6.45) is 2.33. The van der Waals surface area contributed by atoms with Crippen LogP contribution >= 0.6 is 11.6 Å². The highest BCUT2D eigenvalue weighted by Gasteiger charge is 2.20. The minimum Gasteiger partial charge on any atom is -0.394 e. The van der Waals surface area contributed by atoms with E-state index in [1.807, 2.05) is 0 Å². The van der Waals surface area contributed by atoms with E-state index >= 15 is 0 Å². The van der Waals surface area contributed by atoms with Gasteiger partial charge in [0.05, 0.1) is 24.4 Å². The number of anilines is 1. The number of aromatic nitrogens is 2. The van der Waals surface area contributed by atoms with E-state index < -0.39 is 15.8 Å². The number of hydrogen-bond acceptors (Lipinski definition) is 4. The van der Waals surface area contributed by atoms with Crippen LogP contribution in [0.4, 0.5) is 10.1 Å². The summed E-state index contributed by atoms with van der Waals surface area (Å²) < 4.78 is 41.0. The first-order chi connectivity index (χ1) is 9.44. The first kappa shape index (κ1) is 14.8. The number of nitrogens with one attached hydrogen (secondary N) is 1. The minimum absolute atomic E-state index is 0.0451. The van der Waals surface area contributed by atoms with Crippen LogP contribution in [0.3, 0.4) is 0 Å². The Morgan fingerprint density at radius 3 is 2.85 bits per heavy atom. The van der Waals surface area contributed by atoms with E-state index in [0.717, 1.165) is 12.3 Å². The van der Waals surface area contributed by atoms with Crippen LogP contribution in [0.25, 0.3) is 0 Å². The molecule has 2 aromatic rings. The molecule has 1 aromatic carbocycles. The number of para-hydroxylation sites is 1. The molecular formula is C11H11ClFN3O3S. The van der Waals surface area contributed by atoms with Crippen LogP contribution in [0, 0.1) is 5.82 Å². The van der Waals surface area contributed by atoms with Crippen LogP contribution in [0.2, 0.25) is 5.02 Å². The molecule has 6 nitrogen and oxygen atoms in total. The molecule has 1 aromatic heterocycles. The van der Waals surface area contributed by atoms with Crippen LogP contribution in [-0.2, 0) is 16.6 Å². The molecule has 9 heteroatoms.